The molecule has 92 valence electrons. The molecule has 5 nitrogen and oxygen atoms in total. The number of nitrogens with zero attached hydrogens (tertiary/aromatic N) is 1. The first kappa shape index (κ1) is 11.7. The van der Waals surface area contributed by atoms with Crippen molar-refractivity contribution in [3.8, 4) is 5.75 Å². The maximum absolute atomic E-state index is 8.72. The van der Waals surface area contributed by atoms with Gasteiger partial charge in [0.1, 0.15) is 5.75 Å². The van der Waals surface area contributed by atoms with Crippen molar-refractivity contribution in [3.05, 3.63) is 29.3 Å². The molecule has 0 bridgehead atoms. The number of benzene rings is 1. The maximum atomic E-state index is 8.72. The monoisotopic (exact) mass is 235 g/mol. The van der Waals surface area contributed by atoms with E-state index in [0.717, 1.165) is 12.1 Å². The van der Waals surface area contributed by atoms with Crippen LogP contribution in [0.25, 0.3) is 0 Å². The first-order valence-electron chi connectivity index (χ1n) is 5.62. The fourth-order valence-electron chi connectivity index (χ4n) is 1.67. The molecule has 0 saturated heterocycles. The number of methoxy groups -OCH3 is 1. The van der Waals surface area contributed by atoms with Crippen LogP contribution in [0.4, 0.5) is 0 Å². The van der Waals surface area contributed by atoms with Crippen LogP contribution in [0.3, 0.4) is 0 Å². The summed E-state index contributed by atoms with van der Waals surface area (Å²) in [5.41, 5.74) is 7.32. The molecule has 1 fully saturated rings. The van der Waals surface area contributed by atoms with Crippen LogP contribution < -0.4 is 15.8 Å². The normalized spacial score (nSPS) is 15.9. The average Bonchev–Trinajstić information content (AvgIpc) is 3.19. The predicted molar refractivity (Wildman–Crippen MR) is 65.4 cm³/mol. The summed E-state index contributed by atoms with van der Waals surface area (Å²) in [6, 6.07) is 6.34. The Bertz CT molecular complexity index is 428. The number of oxime groups is 1. The molecule has 0 radical (unpaired) electrons. The molecular weight excluding hydrogens is 218 g/mol. The van der Waals surface area contributed by atoms with Gasteiger partial charge in [0.25, 0.3) is 0 Å². The van der Waals surface area contributed by atoms with Crippen molar-refractivity contribution in [2.45, 2.75) is 25.4 Å². The van der Waals surface area contributed by atoms with Gasteiger partial charge in [-0.3, -0.25) is 0 Å². The van der Waals surface area contributed by atoms with Crippen LogP contribution >= 0.6 is 0 Å². The van der Waals surface area contributed by atoms with Crippen LogP contribution in [0.15, 0.2) is 23.4 Å². The predicted octanol–water partition coefficient (Wildman–Crippen LogP) is 1.04. The molecule has 4 N–H and O–H groups in total. The minimum atomic E-state index is 0.0649. The first-order chi connectivity index (χ1) is 8.24. The number of nitrogens with two attached hydrogens (primary N) is 1. The molecule has 2 rings (SSSR count). The smallest absolute Gasteiger partial charge is 0.173 e. The molecule has 0 atom stereocenters. The summed E-state index contributed by atoms with van der Waals surface area (Å²) >= 11 is 0. The van der Waals surface area contributed by atoms with Crippen molar-refractivity contribution in [2.75, 3.05) is 7.11 Å². The summed E-state index contributed by atoms with van der Waals surface area (Å²) in [5, 5.41) is 15.1. The molecule has 0 aliphatic heterocycles. The lowest BCUT2D eigenvalue weighted by molar-refractivity contribution is 0.318. The van der Waals surface area contributed by atoms with E-state index in [1.807, 2.05) is 18.2 Å². The molecule has 0 unspecified atom stereocenters. The third-order valence-corrected chi connectivity index (χ3v) is 2.82. The summed E-state index contributed by atoms with van der Waals surface area (Å²) in [6.07, 6.45) is 2.51. The van der Waals surface area contributed by atoms with E-state index in [-0.39, 0.29) is 5.84 Å². The van der Waals surface area contributed by atoms with Crippen LogP contribution in [0, 0.1) is 0 Å². The van der Waals surface area contributed by atoms with E-state index < -0.39 is 0 Å². The fraction of sp³-hybridized carbons (Fsp3) is 0.417. The summed E-state index contributed by atoms with van der Waals surface area (Å²) < 4.78 is 5.17. The Balaban J connectivity index is 2.17. The Kier molecular flexibility index (Phi) is 3.49. The average molecular weight is 235 g/mol. The molecule has 0 aromatic heterocycles. The Labute approximate surface area is 100 Å². The lowest BCUT2D eigenvalue weighted by Gasteiger charge is -2.10. The second-order valence-corrected chi connectivity index (χ2v) is 4.18. The quantitative estimate of drug-likeness (QED) is 0.308. The van der Waals surface area contributed by atoms with E-state index >= 15 is 0 Å². The van der Waals surface area contributed by atoms with Gasteiger partial charge in [0.15, 0.2) is 5.84 Å². The Morgan fingerprint density at radius 2 is 2.35 bits per heavy atom. The zero-order chi connectivity index (χ0) is 12.3. The van der Waals surface area contributed by atoms with E-state index in [1.54, 1.807) is 7.11 Å². The molecule has 1 aliphatic carbocycles. The second-order valence-electron chi connectivity index (χ2n) is 4.18. The molecule has 5 heteroatoms. The van der Waals surface area contributed by atoms with Gasteiger partial charge in [-0.25, -0.2) is 0 Å². The molecule has 1 saturated carbocycles. The summed E-state index contributed by atoms with van der Waals surface area (Å²) in [6.45, 7) is 0.792. The summed E-state index contributed by atoms with van der Waals surface area (Å²) in [5.74, 6) is 0.672. The number of rotatable bonds is 5. The zero-order valence-corrected chi connectivity index (χ0v) is 9.81. The van der Waals surface area contributed by atoms with Gasteiger partial charge in [0.05, 0.1) is 12.7 Å². The van der Waals surface area contributed by atoms with Gasteiger partial charge in [-0.05, 0) is 30.5 Å². The largest absolute Gasteiger partial charge is 0.496 e. The van der Waals surface area contributed by atoms with Crippen LogP contribution in [0.5, 0.6) is 5.75 Å². The summed E-state index contributed by atoms with van der Waals surface area (Å²) in [4.78, 5) is 0. The van der Waals surface area contributed by atoms with Gasteiger partial charge in [0, 0.05) is 12.6 Å². The number of nitrogens with one attached hydrogen (secondary N) is 1. The summed E-state index contributed by atoms with van der Waals surface area (Å²) in [7, 11) is 1.56. The van der Waals surface area contributed by atoms with Crippen molar-refractivity contribution >= 4 is 5.84 Å². The van der Waals surface area contributed by atoms with E-state index in [9.17, 15) is 0 Å². The molecule has 1 aromatic carbocycles. The van der Waals surface area contributed by atoms with Crippen molar-refractivity contribution in [3.63, 3.8) is 0 Å². The van der Waals surface area contributed by atoms with Crippen molar-refractivity contribution in [1.82, 2.24) is 5.32 Å². The third-order valence-electron chi connectivity index (χ3n) is 2.82. The van der Waals surface area contributed by atoms with Crippen LogP contribution in [-0.2, 0) is 6.54 Å². The highest BCUT2D eigenvalue weighted by molar-refractivity contribution is 5.99. The Hall–Kier alpha value is -1.75. The molecule has 0 heterocycles. The topological polar surface area (TPSA) is 79.9 Å². The van der Waals surface area contributed by atoms with Crippen LogP contribution in [-0.4, -0.2) is 24.2 Å². The van der Waals surface area contributed by atoms with E-state index in [0.29, 0.717) is 17.4 Å². The van der Waals surface area contributed by atoms with Crippen molar-refractivity contribution in [2.24, 2.45) is 10.9 Å². The fourth-order valence-corrected chi connectivity index (χ4v) is 1.67. The number of ether oxygens (including phenoxy) is 1. The zero-order valence-electron chi connectivity index (χ0n) is 9.81. The molecule has 1 aromatic rings. The first-order valence-corrected chi connectivity index (χ1v) is 5.62. The molecule has 17 heavy (non-hydrogen) atoms. The highest BCUT2D eigenvalue weighted by Crippen LogP contribution is 2.22. The SMILES string of the molecule is COc1ccc(CNC2CC2)cc1C(N)=NO. The Morgan fingerprint density at radius 3 is 2.94 bits per heavy atom. The Morgan fingerprint density at radius 1 is 1.59 bits per heavy atom. The molecular formula is C12H17N3O2. The van der Waals surface area contributed by atoms with Crippen LogP contribution in [0.2, 0.25) is 0 Å². The highest BCUT2D eigenvalue weighted by atomic mass is 16.5. The minimum absolute atomic E-state index is 0.0649. The van der Waals surface area contributed by atoms with Gasteiger partial charge in [-0.2, -0.15) is 0 Å². The van der Waals surface area contributed by atoms with Gasteiger partial charge in [-0.15, -0.1) is 0 Å². The molecule has 0 amide bonds. The van der Waals surface area contributed by atoms with E-state index in [1.165, 1.54) is 12.8 Å². The van der Waals surface area contributed by atoms with E-state index in [2.05, 4.69) is 10.5 Å². The van der Waals surface area contributed by atoms with Gasteiger partial charge < -0.3 is 21.0 Å². The van der Waals surface area contributed by atoms with Crippen molar-refractivity contribution in [1.29, 1.82) is 0 Å². The number of hydrogen-bond acceptors (Lipinski definition) is 4. The lowest BCUT2D eigenvalue weighted by Crippen LogP contribution is -2.18. The standard InChI is InChI=1S/C12H17N3O2/c1-17-11-5-2-8(7-14-9-3-4-9)6-10(11)12(13)15-16/h2,5-6,9,14,16H,3-4,7H2,1H3,(H2,13,15). The molecule has 0 spiro atoms. The number of amidine groups is 1. The maximum Gasteiger partial charge on any atom is 0.173 e. The van der Waals surface area contributed by atoms with Crippen molar-refractivity contribution < 1.29 is 9.94 Å². The van der Waals surface area contributed by atoms with Gasteiger partial charge in [-0.1, -0.05) is 11.2 Å². The highest BCUT2D eigenvalue weighted by Gasteiger charge is 2.20. The number of hydrogen-bond donors (Lipinski definition) is 3. The lowest BCUT2D eigenvalue weighted by atomic mass is 10.1. The minimum Gasteiger partial charge on any atom is -0.496 e. The van der Waals surface area contributed by atoms with E-state index in [4.69, 9.17) is 15.7 Å². The van der Waals surface area contributed by atoms with Crippen LogP contribution in [0.1, 0.15) is 24.0 Å². The van der Waals surface area contributed by atoms with Gasteiger partial charge in [0.2, 0.25) is 0 Å². The molecule has 1 aliphatic rings. The second kappa shape index (κ2) is 5.05. The third kappa shape index (κ3) is 2.88. The van der Waals surface area contributed by atoms with Gasteiger partial charge >= 0.3 is 0 Å².